The lowest BCUT2D eigenvalue weighted by molar-refractivity contribution is -0.155. The van der Waals surface area contributed by atoms with Gasteiger partial charge in [-0.2, -0.15) is 5.26 Å². The molecule has 0 bridgehead atoms. The van der Waals surface area contributed by atoms with E-state index in [0.717, 1.165) is 43.4 Å². The van der Waals surface area contributed by atoms with Gasteiger partial charge in [0.15, 0.2) is 6.61 Å². The SMILES string of the molecule is C[C@H]1CCCC[C@]12NC(=O)N(CC(=O)OCC(=O)N(C)C1(C#N)CCCCC1)C2=O. The van der Waals surface area contributed by atoms with Crippen LogP contribution in [-0.2, 0) is 19.1 Å². The van der Waals surface area contributed by atoms with Gasteiger partial charge in [-0.05, 0) is 31.6 Å². The normalized spacial score (nSPS) is 28.0. The number of carbonyl (C=O) groups is 4. The lowest BCUT2D eigenvalue weighted by atomic mass is 9.73. The van der Waals surface area contributed by atoms with Gasteiger partial charge in [0.1, 0.15) is 17.6 Å². The molecule has 2 aliphatic carbocycles. The number of hydrogen-bond acceptors (Lipinski definition) is 6. The largest absolute Gasteiger partial charge is 0.454 e. The molecule has 0 aromatic rings. The topological polar surface area (TPSA) is 120 Å². The Hall–Kier alpha value is -2.63. The van der Waals surface area contributed by atoms with Gasteiger partial charge in [0.25, 0.3) is 11.8 Å². The lowest BCUT2D eigenvalue weighted by Gasteiger charge is -2.38. The highest BCUT2D eigenvalue weighted by Gasteiger charge is 2.55. The van der Waals surface area contributed by atoms with Crippen molar-refractivity contribution < 1.29 is 23.9 Å². The highest BCUT2D eigenvalue weighted by atomic mass is 16.5. The number of likely N-dealkylation sites (N-methyl/N-ethyl adjacent to an activating group) is 1. The van der Waals surface area contributed by atoms with Gasteiger partial charge >= 0.3 is 12.0 Å². The molecule has 30 heavy (non-hydrogen) atoms. The zero-order valence-corrected chi connectivity index (χ0v) is 17.7. The summed E-state index contributed by atoms with van der Waals surface area (Å²) >= 11 is 0. The van der Waals surface area contributed by atoms with Crippen molar-refractivity contribution in [3.63, 3.8) is 0 Å². The molecule has 1 heterocycles. The summed E-state index contributed by atoms with van der Waals surface area (Å²) in [6.45, 7) is 0.882. The number of nitrogens with zero attached hydrogens (tertiary/aromatic N) is 3. The third kappa shape index (κ3) is 3.87. The van der Waals surface area contributed by atoms with Crippen LogP contribution in [0.25, 0.3) is 0 Å². The average molecular weight is 418 g/mol. The molecule has 164 valence electrons. The molecule has 2 saturated carbocycles. The van der Waals surface area contributed by atoms with E-state index in [0.29, 0.717) is 19.3 Å². The Morgan fingerprint density at radius 3 is 2.50 bits per heavy atom. The number of nitriles is 1. The molecular weight excluding hydrogens is 388 g/mol. The molecule has 0 aromatic carbocycles. The van der Waals surface area contributed by atoms with E-state index < -0.39 is 48.0 Å². The Bertz CT molecular complexity index is 770. The van der Waals surface area contributed by atoms with Gasteiger partial charge in [0, 0.05) is 7.05 Å². The number of amides is 4. The second kappa shape index (κ2) is 8.62. The van der Waals surface area contributed by atoms with E-state index in [1.54, 1.807) is 7.05 Å². The van der Waals surface area contributed by atoms with E-state index in [-0.39, 0.29) is 5.92 Å². The Morgan fingerprint density at radius 2 is 1.87 bits per heavy atom. The minimum absolute atomic E-state index is 0.00314. The van der Waals surface area contributed by atoms with Crippen LogP contribution in [0.4, 0.5) is 4.79 Å². The zero-order valence-electron chi connectivity index (χ0n) is 17.7. The van der Waals surface area contributed by atoms with Crippen LogP contribution < -0.4 is 5.32 Å². The molecule has 3 aliphatic rings. The van der Waals surface area contributed by atoms with E-state index in [2.05, 4.69) is 11.4 Å². The number of carbonyl (C=O) groups excluding carboxylic acids is 4. The first kappa shape index (κ1) is 22.1. The first-order chi connectivity index (χ1) is 14.3. The van der Waals surface area contributed by atoms with E-state index >= 15 is 0 Å². The van der Waals surface area contributed by atoms with Crippen molar-refractivity contribution in [2.75, 3.05) is 20.2 Å². The van der Waals surface area contributed by atoms with Crippen LogP contribution in [0.2, 0.25) is 0 Å². The third-order valence-electron chi connectivity index (χ3n) is 7.05. The van der Waals surface area contributed by atoms with Gasteiger partial charge in [-0.15, -0.1) is 0 Å². The summed E-state index contributed by atoms with van der Waals surface area (Å²) in [4.78, 5) is 52.3. The van der Waals surface area contributed by atoms with Crippen LogP contribution in [-0.4, -0.2) is 64.9 Å². The Balaban J connectivity index is 1.55. The molecule has 1 spiro atoms. The maximum atomic E-state index is 12.9. The molecular formula is C21H30N4O5. The predicted molar refractivity (Wildman–Crippen MR) is 106 cm³/mol. The molecule has 4 amide bonds. The van der Waals surface area contributed by atoms with Gasteiger partial charge in [-0.1, -0.05) is 39.0 Å². The molecule has 9 nitrogen and oxygen atoms in total. The van der Waals surface area contributed by atoms with Crippen molar-refractivity contribution in [3.05, 3.63) is 0 Å². The maximum absolute atomic E-state index is 12.9. The highest BCUT2D eigenvalue weighted by Crippen LogP contribution is 2.38. The van der Waals surface area contributed by atoms with Gasteiger partial charge in [-0.3, -0.25) is 19.3 Å². The number of rotatable bonds is 5. The van der Waals surface area contributed by atoms with Crippen LogP contribution in [0.15, 0.2) is 0 Å². The van der Waals surface area contributed by atoms with Crippen molar-refractivity contribution in [2.24, 2.45) is 5.92 Å². The number of hydrogen-bond donors (Lipinski definition) is 1. The Labute approximate surface area is 176 Å². The molecule has 9 heteroatoms. The summed E-state index contributed by atoms with van der Waals surface area (Å²) in [5.74, 6) is -1.70. The predicted octanol–water partition coefficient (Wildman–Crippen LogP) is 1.72. The quantitative estimate of drug-likeness (QED) is 0.536. The maximum Gasteiger partial charge on any atom is 0.326 e. The number of imide groups is 1. The molecule has 0 unspecified atom stereocenters. The van der Waals surface area contributed by atoms with Crippen LogP contribution in [0.5, 0.6) is 0 Å². The van der Waals surface area contributed by atoms with Crippen LogP contribution in [0.1, 0.15) is 64.7 Å². The monoisotopic (exact) mass is 418 g/mol. The standard InChI is InChI=1S/C21H30N4O5/c1-15-8-4-7-11-21(15)18(28)25(19(29)23-21)12-17(27)30-13-16(26)24(2)20(14-22)9-5-3-6-10-20/h15H,3-13H2,1-2H3,(H,23,29)/t15-,21-/m0/s1. The molecule has 1 aliphatic heterocycles. The van der Waals surface area contributed by atoms with E-state index in [9.17, 15) is 24.4 Å². The van der Waals surface area contributed by atoms with Crippen LogP contribution in [0.3, 0.4) is 0 Å². The fourth-order valence-corrected chi connectivity index (χ4v) is 4.95. The fraction of sp³-hybridized carbons (Fsp3) is 0.762. The molecule has 0 aromatic heterocycles. The third-order valence-corrected chi connectivity index (χ3v) is 7.05. The first-order valence-corrected chi connectivity index (χ1v) is 10.7. The highest BCUT2D eigenvalue weighted by molar-refractivity contribution is 6.09. The lowest BCUT2D eigenvalue weighted by Crippen LogP contribution is -2.54. The van der Waals surface area contributed by atoms with Gasteiger partial charge in [0.05, 0.1) is 6.07 Å². The second-order valence-electron chi connectivity index (χ2n) is 8.76. The van der Waals surface area contributed by atoms with E-state index in [1.807, 2.05) is 6.92 Å². The summed E-state index contributed by atoms with van der Waals surface area (Å²) < 4.78 is 5.05. The number of nitrogens with one attached hydrogen (secondary N) is 1. The smallest absolute Gasteiger partial charge is 0.326 e. The minimum atomic E-state index is -0.939. The Morgan fingerprint density at radius 1 is 1.20 bits per heavy atom. The zero-order chi connectivity index (χ0) is 21.9. The molecule has 3 fully saturated rings. The number of ether oxygens (including phenoxy) is 1. The van der Waals surface area contributed by atoms with Gasteiger partial charge < -0.3 is 15.0 Å². The molecule has 1 saturated heterocycles. The molecule has 1 N–H and O–H groups in total. The van der Waals surface area contributed by atoms with E-state index in [1.165, 1.54) is 4.90 Å². The minimum Gasteiger partial charge on any atom is -0.454 e. The van der Waals surface area contributed by atoms with Crippen molar-refractivity contribution in [1.82, 2.24) is 15.1 Å². The van der Waals surface area contributed by atoms with Gasteiger partial charge in [-0.25, -0.2) is 4.79 Å². The summed E-state index contributed by atoms with van der Waals surface area (Å²) in [5, 5.41) is 12.4. The average Bonchev–Trinajstić information content (AvgIpc) is 2.99. The van der Waals surface area contributed by atoms with Crippen molar-refractivity contribution in [3.8, 4) is 6.07 Å². The number of urea groups is 1. The second-order valence-corrected chi connectivity index (χ2v) is 8.76. The van der Waals surface area contributed by atoms with E-state index in [4.69, 9.17) is 4.74 Å². The Kier molecular flexibility index (Phi) is 6.34. The van der Waals surface area contributed by atoms with Crippen molar-refractivity contribution in [1.29, 1.82) is 5.26 Å². The summed E-state index contributed by atoms with van der Waals surface area (Å²) in [6.07, 6.45) is 7.23. The molecule has 3 rings (SSSR count). The first-order valence-electron chi connectivity index (χ1n) is 10.7. The fourth-order valence-electron chi connectivity index (χ4n) is 4.95. The number of esters is 1. The molecule has 2 atom stereocenters. The summed E-state index contributed by atoms with van der Waals surface area (Å²) in [7, 11) is 1.55. The molecule has 0 radical (unpaired) electrons. The van der Waals surface area contributed by atoms with Crippen LogP contribution >= 0.6 is 0 Å². The van der Waals surface area contributed by atoms with Crippen molar-refractivity contribution in [2.45, 2.75) is 75.8 Å². The summed E-state index contributed by atoms with van der Waals surface area (Å²) in [5.41, 5.74) is -1.80. The van der Waals surface area contributed by atoms with Gasteiger partial charge in [0.2, 0.25) is 0 Å². The van der Waals surface area contributed by atoms with Crippen LogP contribution in [0, 0.1) is 17.2 Å². The summed E-state index contributed by atoms with van der Waals surface area (Å²) in [6, 6.07) is 1.65. The van der Waals surface area contributed by atoms with Crippen molar-refractivity contribution >= 4 is 23.8 Å².